The van der Waals surface area contributed by atoms with Gasteiger partial charge in [0.2, 0.25) is 0 Å². The van der Waals surface area contributed by atoms with E-state index in [0.29, 0.717) is 29.6 Å². The van der Waals surface area contributed by atoms with Crippen molar-refractivity contribution in [2.45, 2.75) is 31.9 Å². The minimum Gasteiger partial charge on any atom is -0.389 e. The molecule has 0 aromatic carbocycles. The quantitative estimate of drug-likeness (QED) is 0.825. The first kappa shape index (κ1) is 14.8. The van der Waals surface area contributed by atoms with Crippen LogP contribution in [-0.2, 0) is 0 Å². The summed E-state index contributed by atoms with van der Waals surface area (Å²) in [5, 5.41) is 4.99. The van der Waals surface area contributed by atoms with Gasteiger partial charge in [-0.2, -0.15) is 18.2 Å². The molecule has 8 heteroatoms. The molecule has 4 nitrogen and oxygen atoms in total. The highest BCUT2D eigenvalue weighted by molar-refractivity contribution is 7.16. The molecule has 0 aliphatic heterocycles. The zero-order valence-electron chi connectivity index (χ0n) is 10.5. The van der Waals surface area contributed by atoms with Crippen molar-refractivity contribution in [3.05, 3.63) is 21.9 Å². The first-order chi connectivity index (χ1) is 9.46. The Hall–Kier alpha value is -1.57. The number of nitrogens with zero attached hydrogens (tertiary/aromatic N) is 1. The van der Waals surface area contributed by atoms with Crippen LogP contribution in [0.2, 0.25) is 0 Å². The first-order valence-electron chi connectivity index (χ1n) is 6.15. The van der Waals surface area contributed by atoms with E-state index in [1.54, 1.807) is 11.4 Å². The van der Waals surface area contributed by atoms with E-state index in [0.717, 1.165) is 0 Å². The molecule has 110 valence electrons. The lowest BCUT2D eigenvalue weighted by Gasteiger charge is -2.06. The van der Waals surface area contributed by atoms with Crippen LogP contribution in [-0.4, -0.2) is 17.7 Å². The first-order valence-corrected chi connectivity index (χ1v) is 7.03. The number of alkyl halides is 3. The lowest BCUT2D eigenvalue weighted by Crippen LogP contribution is -2.09. The molecule has 0 aliphatic carbocycles. The van der Waals surface area contributed by atoms with Crippen molar-refractivity contribution in [1.29, 1.82) is 0 Å². The summed E-state index contributed by atoms with van der Waals surface area (Å²) < 4.78 is 40.7. The Morgan fingerprint density at radius 1 is 1.30 bits per heavy atom. The molecule has 20 heavy (non-hydrogen) atoms. The lowest BCUT2D eigenvalue weighted by atomic mass is 10.2. The summed E-state index contributed by atoms with van der Waals surface area (Å²) in [5.74, 6) is 0. The number of hydrogen-bond acceptors (Lipinski definition) is 5. The SMILES string of the molecule is O=c1oc(NCCCCCC(F)(F)F)nc2sccc12. The van der Waals surface area contributed by atoms with Gasteiger partial charge in [-0.3, -0.25) is 0 Å². The van der Waals surface area contributed by atoms with Crippen molar-refractivity contribution >= 4 is 27.6 Å². The third-order valence-electron chi connectivity index (χ3n) is 2.67. The summed E-state index contributed by atoms with van der Waals surface area (Å²) >= 11 is 1.33. The molecule has 2 aromatic heterocycles. The second kappa shape index (κ2) is 6.25. The van der Waals surface area contributed by atoms with Gasteiger partial charge in [0.05, 0.1) is 5.39 Å². The number of anilines is 1. The fourth-order valence-corrected chi connectivity index (χ4v) is 2.45. The monoisotopic (exact) mass is 306 g/mol. The van der Waals surface area contributed by atoms with Crippen LogP contribution in [0.4, 0.5) is 19.2 Å². The van der Waals surface area contributed by atoms with Gasteiger partial charge < -0.3 is 9.73 Å². The van der Waals surface area contributed by atoms with Gasteiger partial charge in [-0.1, -0.05) is 6.42 Å². The Morgan fingerprint density at radius 2 is 2.10 bits per heavy atom. The van der Waals surface area contributed by atoms with Crippen molar-refractivity contribution in [1.82, 2.24) is 4.98 Å². The summed E-state index contributed by atoms with van der Waals surface area (Å²) in [7, 11) is 0. The predicted molar refractivity (Wildman–Crippen MR) is 71.2 cm³/mol. The maximum Gasteiger partial charge on any atom is 0.389 e. The standard InChI is InChI=1S/C12H13F3N2O2S/c13-12(14,15)5-2-1-3-6-16-11-17-9-8(4-7-20-9)10(18)19-11/h4,7H,1-3,5-6H2,(H,16,17). The number of hydrogen-bond donors (Lipinski definition) is 1. The summed E-state index contributed by atoms with van der Waals surface area (Å²) in [6, 6.07) is 1.75. The predicted octanol–water partition coefficient (Wildman–Crippen LogP) is 3.78. The van der Waals surface area contributed by atoms with Crippen molar-refractivity contribution < 1.29 is 17.6 Å². The van der Waals surface area contributed by atoms with Gasteiger partial charge in [0.15, 0.2) is 0 Å². The molecule has 1 N–H and O–H groups in total. The van der Waals surface area contributed by atoms with E-state index in [-0.39, 0.29) is 12.4 Å². The molecule has 0 spiro atoms. The molecular formula is C12H13F3N2O2S. The van der Waals surface area contributed by atoms with E-state index in [1.165, 1.54) is 11.3 Å². The Balaban J connectivity index is 1.77. The smallest absolute Gasteiger partial charge is 0.389 e. The van der Waals surface area contributed by atoms with E-state index >= 15 is 0 Å². The highest BCUT2D eigenvalue weighted by atomic mass is 32.1. The normalized spacial score (nSPS) is 11.9. The van der Waals surface area contributed by atoms with E-state index < -0.39 is 18.2 Å². The molecule has 0 atom stereocenters. The molecule has 0 saturated heterocycles. The lowest BCUT2D eigenvalue weighted by molar-refractivity contribution is -0.135. The average molecular weight is 306 g/mol. The molecule has 0 bridgehead atoms. The van der Waals surface area contributed by atoms with E-state index in [4.69, 9.17) is 4.42 Å². The fourth-order valence-electron chi connectivity index (χ4n) is 1.70. The van der Waals surface area contributed by atoms with Gasteiger partial charge in [-0.15, -0.1) is 11.3 Å². The molecule has 2 rings (SSSR count). The summed E-state index contributed by atoms with van der Waals surface area (Å²) in [6.07, 6.45) is -3.73. The fraction of sp³-hybridized carbons (Fsp3) is 0.500. The average Bonchev–Trinajstić information content (AvgIpc) is 2.81. The van der Waals surface area contributed by atoms with Crippen LogP contribution in [0.5, 0.6) is 0 Å². The second-order valence-electron chi connectivity index (χ2n) is 4.30. The van der Waals surface area contributed by atoms with E-state index in [9.17, 15) is 18.0 Å². The molecular weight excluding hydrogens is 293 g/mol. The third-order valence-corrected chi connectivity index (χ3v) is 3.48. The van der Waals surface area contributed by atoms with Gasteiger partial charge in [0.25, 0.3) is 6.01 Å². The van der Waals surface area contributed by atoms with Crippen LogP contribution in [0.3, 0.4) is 0 Å². The summed E-state index contributed by atoms with van der Waals surface area (Å²) in [6.45, 7) is 0.421. The molecule has 0 saturated carbocycles. The topological polar surface area (TPSA) is 55.1 Å². The van der Waals surface area contributed by atoms with E-state index in [1.807, 2.05) is 0 Å². The minimum atomic E-state index is -4.09. The zero-order chi connectivity index (χ0) is 14.6. The van der Waals surface area contributed by atoms with Crippen molar-refractivity contribution in [2.24, 2.45) is 0 Å². The van der Waals surface area contributed by atoms with Crippen molar-refractivity contribution in [2.75, 3.05) is 11.9 Å². The van der Waals surface area contributed by atoms with Gasteiger partial charge in [-0.25, -0.2) is 4.79 Å². The Morgan fingerprint density at radius 3 is 2.85 bits per heavy atom. The molecule has 0 aliphatic rings. The minimum absolute atomic E-state index is 0.104. The maximum absolute atomic E-state index is 11.9. The Bertz CT molecular complexity index is 621. The summed E-state index contributed by atoms with van der Waals surface area (Å²) in [4.78, 5) is 16.2. The number of nitrogens with one attached hydrogen (secondary N) is 1. The van der Waals surface area contributed by atoms with Crippen LogP contribution in [0.1, 0.15) is 25.7 Å². The van der Waals surface area contributed by atoms with Gasteiger partial charge in [0, 0.05) is 13.0 Å². The van der Waals surface area contributed by atoms with Crippen molar-refractivity contribution in [3.63, 3.8) is 0 Å². The molecule has 0 amide bonds. The molecule has 2 aromatic rings. The van der Waals surface area contributed by atoms with Gasteiger partial charge in [0.1, 0.15) is 4.83 Å². The number of halogens is 3. The van der Waals surface area contributed by atoms with Crippen LogP contribution in [0.25, 0.3) is 10.2 Å². The third kappa shape index (κ3) is 4.22. The Kier molecular flexibility index (Phi) is 4.64. The Labute approximate surface area is 116 Å². The largest absolute Gasteiger partial charge is 0.389 e. The number of unbranched alkanes of at least 4 members (excludes halogenated alkanes) is 2. The van der Waals surface area contributed by atoms with E-state index in [2.05, 4.69) is 10.3 Å². The van der Waals surface area contributed by atoms with Crippen LogP contribution < -0.4 is 10.9 Å². The molecule has 2 heterocycles. The van der Waals surface area contributed by atoms with Crippen LogP contribution in [0, 0.1) is 0 Å². The highest BCUT2D eigenvalue weighted by Crippen LogP contribution is 2.22. The molecule has 0 radical (unpaired) electrons. The van der Waals surface area contributed by atoms with Crippen molar-refractivity contribution in [3.8, 4) is 0 Å². The van der Waals surface area contributed by atoms with Crippen LogP contribution >= 0.6 is 11.3 Å². The van der Waals surface area contributed by atoms with Crippen LogP contribution in [0.15, 0.2) is 20.7 Å². The highest BCUT2D eigenvalue weighted by Gasteiger charge is 2.25. The number of fused-ring (bicyclic) bond motifs is 1. The number of rotatable bonds is 6. The van der Waals surface area contributed by atoms with Gasteiger partial charge >= 0.3 is 11.8 Å². The van der Waals surface area contributed by atoms with Gasteiger partial charge in [-0.05, 0) is 24.3 Å². The number of thiophene rings is 1. The maximum atomic E-state index is 11.9. The molecule has 0 fully saturated rings. The zero-order valence-corrected chi connectivity index (χ0v) is 11.3. The number of aromatic nitrogens is 1. The molecule has 0 unspecified atom stereocenters. The second-order valence-corrected chi connectivity index (χ2v) is 5.19. The summed E-state index contributed by atoms with van der Waals surface area (Å²) in [5.41, 5.74) is -0.462.